The predicted octanol–water partition coefficient (Wildman–Crippen LogP) is 5.46. The van der Waals surface area contributed by atoms with Crippen LogP contribution in [0.5, 0.6) is 5.75 Å². The van der Waals surface area contributed by atoms with Crippen molar-refractivity contribution in [3.8, 4) is 5.75 Å². The van der Waals surface area contributed by atoms with Crippen LogP contribution < -0.4 is 10.1 Å². The van der Waals surface area contributed by atoms with Gasteiger partial charge in [0.05, 0.1) is 5.02 Å². The first kappa shape index (κ1) is 20.2. The van der Waals surface area contributed by atoms with Crippen molar-refractivity contribution in [1.29, 1.82) is 0 Å². The Morgan fingerprint density at radius 1 is 1.16 bits per heavy atom. The summed E-state index contributed by atoms with van der Waals surface area (Å²) in [4.78, 5) is 12.1. The molecular weight excluding hydrogens is 401 g/mol. The zero-order valence-corrected chi connectivity index (χ0v) is 16.7. The van der Waals surface area contributed by atoms with E-state index in [1.807, 2.05) is 24.3 Å². The molecule has 2 aromatic rings. The van der Waals surface area contributed by atoms with E-state index in [0.29, 0.717) is 27.4 Å². The van der Waals surface area contributed by atoms with Gasteiger partial charge >= 0.3 is 0 Å². The van der Waals surface area contributed by atoms with Crippen molar-refractivity contribution < 1.29 is 9.53 Å². The molecule has 0 aliphatic heterocycles. The molecule has 0 bridgehead atoms. The van der Waals surface area contributed by atoms with Gasteiger partial charge in [-0.15, -0.1) is 0 Å². The number of ether oxygens (including phenoxy) is 1. The maximum atomic E-state index is 12.1. The molecule has 0 aromatic heterocycles. The van der Waals surface area contributed by atoms with Crippen LogP contribution in [0.2, 0.25) is 15.1 Å². The average Bonchev–Trinajstić information content (AvgIpc) is 2.58. The number of hydrogen-bond donors (Lipinski definition) is 1. The van der Waals surface area contributed by atoms with Crippen LogP contribution in [0.25, 0.3) is 0 Å². The Hall–Kier alpha value is -1.07. The first-order valence-corrected chi connectivity index (χ1v) is 9.97. The molecule has 1 N–H and O–H groups in total. The molecule has 134 valence electrons. The van der Waals surface area contributed by atoms with Crippen LogP contribution in [0.4, 0.5) is 0 Å². The van der Waals surface area contributed by atoms with Crippen LogP contribution in [0.3, 0.4) is 0 Å². The highest BCUT2D eigenvalue weighted by molar-refractivity contribution is 7.98. The van der Waals surface area contributed by atoms with Crippen molar-refractivity contribution in [2.45, 2.75) is 18.8 Å². The van der Waals surface area contributed by atoms with Gasteiger partial charge in [0.2, 0.25) is 0 Å². The van der Waals surface area contributed by atoms with Crippen molar-refractivity contribution in [3.63, 3.8) is 0 Å². The molecule has 0 heterocycles. The topological polar surface area (TPSA) is 38.3 Å². The van der Waals surface area contributed by atoms with Crippen LogP contribution in [0.1, 0.15) is 12.5 Å². The summed E-state index contributed by atoms with van der Waals surface area (Å²) in [5.41, 5.74) is 1.03. The van der Waals surface area contributed by atoms with Crippen LogP contribution in [-0.2, 0) is 10.5 Å². The molecule has 1 amide bonds. The van der Waals surface area contributed by atoms with E-state index in [1.165, 1.54) is 0 Å². The zero-order valence-electron chi connectivity index (χ0n) is 13.6. The molecular formula is C18H18Cl3NO2S. The lowest BCUT2D eigenvalue weighted by Gasteiger charge is -2.15. The van der Waals surface area contributed by atoms with Gasteiger partial charge < -0.3 is 10.1 Å². The molecule has 1 unspecified atom stereocenters. The van der Waals surface area contributed by atoms with Gasteiger partial charge in [0, 0.05) is 28.1 Å². The van der Waals surface area contributed by atoms with Crippen LogP contribution in [0, 0.1) is 0 Å². The van der Waals surface area contributed by atoms with E-state index in [9.17, 15) is 4.79 Å². The summed E-state index contributed by atoms with van der Waals surface area (Å²) in [7, 11) is 0. The van der Waals surface area contributed by atoms with Gasteiger partial charge in [-0.1, -0.05) is 53.0 Å². The largest absolute Gasteiger partial charge is 0.479 e. The number of thioether (sulfide) groups is 1. The SMILES string of the molecule is CC(Oc1ccccc1Cl)C(=O)NCCSCc1ccc(Cl)cc1Cl. The number of rotatable bonds is 8. The summed E-state index contributed by atoms with van der Waals surface area (Å²) in [6.07, 6.45) is -0.615. The second-order valence-electron chi connectivity index (χ2n) is 5.27. The second-order valence-corrected chi connectivity index (χ2v) is 7.63. The molecule has 7 heteroatoms. The lowest BCUT2D eigenvalue weighted by atomic mass is 10.2. The summed E-state index contributed by atoms with van der Waals surface area (Å²) < 4.78 is 5.58. The van der Waals surface area contributed by atoms with E-state index in [2.05, 4.69) is 5.32 Å². The quantitative estimate of drug-likeness (QED) is 0.578. The van der Waals surface area contributed by atoms with Crippen molar-refractivity contribution >= 4 is 52.5 Å². The second kappa shape index (κ2) is 10.2. The first-order chi connectivity index (χ1) is 12.0. The Bertz CT molecular complexity index is 727. The highest BCUT2D eigenvalue weighted by Gasteiger charge is 2.15. The van der Waals surface area contributed by atoms with Crippen molar-refractivity contribution in [2.75, 3.05) is 12.3 Å². The molecule has 0 saturated carbocycles. The normalized spacial score (nSPS) is 11.8. The molecule has 2 aromatic carbocycles. The van der Waals surface area contributed by atoms with E-state index in [-0.39, 0.29) is 5.91 Å². The highest BCUT2D eigenvalue weighted by Crippen LogP contribution is 2.25. The summed E-state index contributed by atoms with van der Waals surface area (Å²) in [5.74, 6) is 1.85. The molecule has 0 spiro atoms. The molecule has 0 fully saturated rings. The monoisotopic (exact) mass is 417 g/mol. The molecule has 25 heavy (non-hydrogen) atoms. The number of benzene rings is 2. The number of amides is 1. The third-order valence-electron chi connectivity index (χ3n) is 3.33. The van der Waals surface area contributed by atoms with E-state index < -0.39 is 6.10 Å². The smallest absolute Gasteiger partial charge is 0.260 e. The summed E-state index contributed by atoms with van der Waals surface area (Å²) in [5, 5.41) is 4.62. The lowest BCUT2D eigenvalue weighted by molar-refractivity contribution is -0.127. The van der Waals surface area contributed by atoms with Gasteiger partial charge in [-0.05, 0) is 36.8 Å². The third kappa shape index (κ3) is 6.63. The Morgan fingerprint density at radius 2 is 1.92 bits per heavy atom. The van der Waals surface area contributed by atoms with Gasteiger partial charge in [0.25, 0.3) is 5.91 Å². The molecule has 0 aliphatic carbocycles. The Morgan fingerprint density at radius 3 is 2.64 bits per heavy atom. The minimum absolute atomic E-state index is 0.176. The van der Waals surface area contributed by atoms with Gasteiger partial charge in [-0.25, -0.2) is 0 Å². The minimum atomic E-state index is -0.615. The number of carbonyl (C=O) groups is 1. The molecule has 0 aliphatic rings. The highest BCUT2D eigenvalue weighted by atomic mass is 35.5. The minimum Gasteiger partial charge on any atom is -0.479 e. The molecule has 2 rings (SSSR count). The van der Waals surface area contributed by atoms with Crippen molar-refractivity contribution in [1.82, 2.24) is 5.32 Å². The Labute approximate surface area is 167 Å². The Kier molecular flexibility index (Phi) is 8.24. The first-order valence-electron chi connectivity index (χ1n) is 7.68. The molecule has 0 radical (unpaired) electrons. The standard InChI is InChI=1S/C18H18Cl3NO2S/c1-12(24-17-5-3-2-4-15(17)20)18(23)22-8-9-25-11-13-6-7-14(19)10-16(13)21/h2-7,10,12H,8-9,11H2,1H3,(H,22,23). The van der Waals surface area contributed by atoms with E-state index in [0.717, 1.165) is 17.1 Å². The molecule has 1 atom stereocenters. The maximum absolute atomic E-state index is 12.1. The fourth-order valence-electron chi connectivity index (χ4n) is 2.00. The maximum Gasteiger partial charge on any atom is 0.260 e. The van der Waals surface area contributed by atoms with E-state index in [1.54, 1.807) is 36.9 Å². The zero-order chi connectivity index (χ0) is 18.2. The van der Waals surface area contributed by atoms with Crippen molar-refractivity contribution in [3.05, 3.63) is 63.1 Å². The van der Waals surface area contributed by atoms with Crippen LogP contribution >= 0.6 is 46.6 Å². The van der Waals surface area contributed by atoms with Gasteiger partial charge in [-0.3, -0.25) is 4.79 Å². The number of carbonyl (C=O) groups excluding carboxylic acids is 1. The van der Waals surface area contributed by atoms with E-state index >= 15 is 0 Å². The van der Waals surface area contributed by atoms with Gasteiger partial charge in [0.1, 0.15) is 5.75 Å². The Balaban J connectivity index is 1.69. The van der Waals surface area contributed by atoms with Crippen LogP contribution in [0.15, 0.2) is 42.5 Å². The summed E-state index contributed by atoms with van der Waals surface area (Å²) in [6.45, 7) is 2.24. The van der Waals surface area contributed by atoms with E-state index in [4.69, 9.17) is 39.5 Å². The number of halogens is 3. The fourth-order valence-corrected chi connectivity index (χ4v) is 3.59. The predicted molar refractivity (Wildman–Crippen MR) is 107 cm³/mol. The summed E-state index contributed by atoms with van der Waals surface area (Å²) in [6, 6.07) is 12.5. The number of nitrogens with one attached hydrogen (secondary N) is 1. The van der Waals surface area contributed by atoms with Gasteiger partial charge in [0.15, 0.2) is 6.10 Å². The molecule has 0 saturated heterocycles. The third-order valence-corrected chi connectivity index (χ3v) is 5.24. The van der Waals surface area contributed by atoms with Crippen molar-refractivity contribution in [2.24, 2.45) is 0 Å². The fraction of sp³-hybridized carbons (Fsp3) is 0.278. The summed E-state index contributed by atoms with van der Waals surface area (Å²) >= 11 is 19.7. The van der Waals surface area contributed by atoms with Crippen LogP contribution in [-0.4, -0.2) is 24.3 Å². The lowest BCUT2D eigenvalue weighted by Crippen LogP contribution is -2.37. The number of para-hydroxylation sites is 1. The van der Waals surface area contributed by atoms with Gasteiger partial charge in [-0.2, -0.15) is 11.8 Å². The number of hydrogen-bond acceptors (Lipinski definition) is 3. The average molecular weight is 419 g/mol. The molecule has 3 nitrogen and oxygen atoms in total.